The lowest BCUT2D eigenvalue weighted by atomic mass is 10.0. The van der Waals surface area contributed by atoms with Crippen LogP contribution in [0.4, 0.5) is 0 Å². The van der Waals surface area contributed by atoms with E-state index in [2.05, 4.69) is 18.9 Å². The van der Waals surface area contributed by atoms with Crippen molar-refractivity contribution in [3.05, 3.63) is 29.8 Å². The third-order valence-corrected chi connectivity index (χ3v) is 4.38. The van der Waals surface area contributed by atoms with Gasteiger partial charge in [0.1, 0.15) is 5.75 Å². The fourth-order valence-corrected chi connectivity index (χ4v) is 2.76. The van der Waals surface area contributed by atoms with Gasteiger partial charge in [-0.1, -0.05) is 12.1 Å². The predicted molar refractivity (Wildman–Crippen MR) is 83.6 cm³/mol. The molecule has 0 aromatic heterocycles. The van der Waals surface area contributed by atoms with Crippen LogP contribution >= 0.6 is 0 Å². The van der Waals surface area contributed by atoms with E-state index in [1.807, 2.05) is 24.3 Å². The van der Waals surface area contributed by atoms with Crippen LogP contribution in [0.25, 0.3) is 0 Å². The molecule has 118 valence electrons. The summed E-state index contributed by atoms with van der Waals surface area (Å²) in [6.07, 6.45) is 3.33. The van der Waals surface area contributed by atoms with Gasteiger partial charge in [0, 0.05) is 19.2 Å². The lowest BCUT2D eigenvalue weighted by Crippen LogP contribution is -2.41. The van der Waals surface area contributed by atoms with E-state index in [0.29, 0.717) is 6.10 Å². The number of aliphatic hydroxyl groups excluding tert-OH is 1. The highest BCUT2D eigenvalue weighted by Gasteiger charge is 2.24. The Labute approximate surface area is 127 Å². The number of benzene rings is 1. The Balaban J connectivity index is 1.91. The van der Waals surface area contributed by atoms with E-state index in [1.165, 1.54) is 12.8 Å². The summed E-state index contributed by atoms with van der Waals surface area (Å²) in [5.41, 5.74) is 0.916. The van der Waals surface area contributed by atoms with Crippen molar-refractivity contribution < 1.29 is 14.6 Å². The lowest BCUT2D eigenvalue weighted by molar-refractivity contribution is -0.0208. The zero-order chi connectivity index (χ0) is 15.2. The highest BCUT2D eigenvalue weighted by Crippen LogP contribution is 2.23. The van der Waals surface area contributed by atoms with Gasteiger partial charge in [0.2, 0.25) is 0 Å². The van der Waals surface area contributed by atoms with Crippen LogP contribution in [-0.2, 0) is 4.74 Å². The summed E-state index contributed by atoms with van der Waals surface area (Å²) < 4.78 is 10.9. The Bertz CT molecular complexity index is 415. The Morgan fingerprint density at radius 2 is 2.05 bits per heavy atom. The van der Waals surface area contributed by atoms with Crippen molar-refractivity contribution in [1.29, 1.82) is 0 Å². The number of hydrogen-bond acceptors (Lipinski definition) is 4. The lowest BCUT2D eigenvalue weighted by Gasteiger charge is -2.33. The maximum Gasteiger partial charge on any atom is 0.118 e. The number of methoxy groups -OCH3 is 1. The molecular formula is C17H27NO3. The summed E-state index contributed by atoms with van der Waals surface area (Å²) >= 11 is 0. The summed E-state index contributed by atoms with van der Waals surface area (Å²) in [6, 6.07) is 7.66. The van der Waals surface area contributed by atoms with Gasteiger partial charge < -0.3 is 14.6 Å². The highest BCUT2D eigenvalue weighted by atomic mass is 16.5. The zero-order valence-electron chi connectivity index (χ0n) is 13.3. The van der Waals surface area contributed by atoms with E-state index in [9.17, 15) is 5.11 Å². The van der Waals surface area contributed by atoms with Crippen molar-refractivity contribution in [1.82, 2.24) is 4.90 Å². The van der Waals surface area contributed by atoms with Crippen LogP contribution in [-0.4, -0.2) is 49.5 Å². The molecule has 3 atom stereocenters. The maximum absolute atomic E-state index is 10.5. The van der Waals surface area contributed by atoms with Crippen LogP contribution in [0, 0.1) is 0 Å². The normalized spacial score (nSPS) is 22.0. The molecule has 1 N–H and O–H groups in total. The standard InChI is InChI=1S/C17H27NO3/c1-13(18(2)12-16-6-4-5-11-21-16)17(19)14-7-9-15(20-3)10-8-14/h7-10,13,16-17,19H,4-6,11-12H2,1-3H3. The third kappa shape index (κ3) is 4.43. The second-order valence-corrected chi connectivity index (χ2v) is 5.89. The molecule has 4 heteroatoms. The summed E-state index contributed by atoms with van der Waals surface area (Å²) in [7, 11) is 3.70. The van der Waals surface area contributed by atoms with Gasteiger partial charge in [-0.25, -0.2) is 0 Å². The Hall–Kier alpha value is -1.10. The van der Waals surface area contributed by atoms with Crippen LogP contribution in [0.5, 0.6) is 5.75 Å². The molecule has 1 aliphatic rings. The van der Waals surface area contributed by atoms with Crippen molar-refractivity contribution in [3.8, 4) is 5.75 Å². The van der Waals surface area contributed by atoms with Crippen molar-refractivity contribution >= 4 is 0 Å². The van der Waals surface area contributed by atoms with Crippen molar-refractivity contribution in [2.45, 2.75) is 44.4 Å². The summed E-state index contributed by atoms with van der Waals surface area (Å²) in [5, 5.41) is 10.5. The molecule has 3 unspecified atom stereocenters. The van der Waals surface area contributed by atoms with Gasteiger partial charge in [0.15, 0.2) is 0 Å². The monoisotopic (exact) mass is 293 g/mol. The molecule has 1 aromatic carbocycles. The van der Waals surface area contributed by atoms with Crippen LogP contribution in [0.2, 0.25) is 0 Å². The number of ether oxygens (including phenoxy) is 2. The van der Waals surface area contributed by atoms with Gasteiger partial charge in [-0.15, -0.1) is 0 Å². The summed E-state index contributed by atoms with van der Waals surface area (Å²) in [6.45, 7) is 3.79. The SMILES string of the molecule is COc1ccc(C(O)C(C)N(C)CC2CCCCO2)cc1. The van der Waals surface area contributed by atoms with E-state index in [-0.39, 0.29) is 6.04 Å². The Morgan fingerprint density at radius 1 is 1.33 bits per heavy atom. The minimum absolute atomic E-state index is 0.0453. The molecule has 1 heterocycles. The van der Waals surface area contributed by atoms with Crippen LogP contribution < -0.4 is 4.74 Å². The van der Waals surface area contributed by atoms with Crippen LogP contribution in [0.1, 0.15) is 37.9 Å². The average Bonchev–Trinajstić information content (AvgIpc) is 2.54. The van der Waals surface area contributed by atoms with Gasteiger partial charge in [-0.05, 0) is 50.9 Å². The van der Waals surface area contributed by atoms with Gasteiger partial charge in [0.05, 0.1) is 19.3 Å². The number of rotatable bonds is 6. The number of likely N-dealkylation sites (N-methyl/N-ethyl adjacent to an activating group) is 1. The molecule has 0 amide bonds. The van der Waals surface area contributed by atoms with Crippen LogP contribution in [0.3, 0.4) is 0 Å². The molecule has 1 saturated heterocycles. The molecule has 1 aliphatic heterocycles. The number of nitrogens with zero attached hydrogens (tertiary/aromatic N) is 1. The van der Waals surface area contributed by atoms with Crippen LogP contribution in [0.15, 0.2) is 24.3 Å². The predicted octanol–water partition coefficient (Wildman–Crippen LogP) is 2.62. The average molecular weight is 293 g/mol. The van der Waals surface area contributed by atoms with Crippen molar-refractivity contribution in [2.24, 2.45) is 0 Å². The first-order chi connectivity index (χ1) is 10.1. The van der Waals surface area contributed by atoms with E-state index >= 15 is 0 Å². The van der Waals surface area contributed by atoms with Gasteiger partial charge >= 0.3 is 0 Å². The molecular weight excluding hydrogens is 266 g/mol. The second-order valence-electron chi connectivity index (χ2n) is 5.89. The van der Waals surface area contributed by atoms with Gasteiger partial charge in [-0.2, -0.15) is 0 Å². The molecule has 4 nitrogen and oxygen atoms in total. The number of aliphatic hydroxyl groups is 1. The molecule has 21 heavy (non-hydrogen) atoms. The Kier molecular flexibility index (Phi) is 6.03. The Morgan fingerprint density at radius 3 is 2.62 bits per heavy atom. The molecule has 2 rings (SSSR count). The van der Waals surface area contributed by atoms with E-state index in [4.69, 9.17) is 9.47 Å². The fourth-order valence-electron chi connectivity index (χ4n) is 2.76. The van der Waals surface area contributed by atoms with Crippen molar-refractivity contribution in [3.63, 3.8) is 0 Å². The second kappa shape index (κ2) is 7.78. The maximum atomic E-state index is 10.5. The first-order valence-corrected chi connectivity index (χ1v) is 7.75. The molecule has 0 radical (unpaired) electrons. The first-order valence-electron chi connectivity index (χ1n) is 7.75. The first kappa shape index (κ1) is 16.3. The smallest absolute Gasteiger partial charge is 0.118 e. The largest absolute Gasteiger partial charge is 0.497 e. The van der Waals surface area contributed by atoms with E-state index in [1.54, 1.807) is 7.11 Å². The molecule has 1 aromatic rings. The minimum Gasteiger partial charge on any atom is -0.497 e. The molecule has 0 spiro atoms. The van der Waals surface area contributed by atoms with Crippen molar-refractivity contribution in [2.75, 3.05) is 27.3 Å². The molecule has 0 bridgehead atoms. The third-order valence-electron chi connectivity index (χ3n) is 4.38. The van der Waals surface area contributed by atoms with Gasteiger partial charge in [-0.3, -0.25) is 4.90 Å². The molecule has 1 fully saturated rings. The zero-order valence-corrected chi connectivity index (χ0v) is 13.3. The molecule has 0 aliphatic carbocycles. The number of hydrogen-bond donors (Lipinski definition) is 1. The quantitative estimate of drug-likeness (QED) is 0.875. The van der Waals surface area contributed by atoms with E-state index < -0.39 is 6.10 Å². The topological polar surface area (TPSA) is 41.9 Å². The molecule has 0 saturated carbocycles. The minimum atomic E-state index is -0.510. The van der Waals surface area contributed by atoms with Gasteiger partial charge in [0.25, 0.3) is 0 Å². The fraction of sp³-hybridized carbons (Fsp3) is 0.647. The highest BCUT2D eigenvalue weighted by molar-refractivity contribution is 5.29. The van der Waals surface area contributed by atoms with E-state index in [0.717, 1.165) is 30.9 Å². The summed E-state index contributed by atoms with van der Waals surface area (Å²) in [5.74, 6) is 0.808. The summed E-state index contributed by atoms with van der Waals surface area (Å²) in [4.78, 5) is 2.19.